The van der Waals surface area contributed by atoms with E-state index in [2.05, 4.69) is 20.9 Å². The van der Waals surface area contributed by atoms with Gasteiger partial charge in [0.1, 0.15) is 12.3 Å². The number of aryl methyl sites for hydroxylation is 1. The highest BCUT2D eigenvalue weighted by molar-refractivity contribution is 6.02. The molecule has 0 bridgehead atoms. The molecule has 12 heteroatoms. The van der Waals surface area contributed by atoms with Crippen LogP contribution in [0.1, 0.15) is 16.2 Å². The number of aromatic nitrogens is 5. The summed E-state index contributed by atoms with van der Waals surface area (Å²) in [4.78, 5) is 38.6. The second-order valence-corrected chi connectivity index (χ2v) is 6.65. The molecule has 1 aliphatic rings. The molecule has 2 aromatic heterocycles. The van der Waals surface area contributed by atoms with Crippen molar-refractivity contribution < 1.29 is 18.8 Å². The van der Waals surface area contributed by atoms with Crippen LogP contribution in [0.3, 0.4) is 0 Å². The van der Waals surface area contributed by atoms with Crippen LogP contribution < -0.4 is 11.0 Å². The molecule has 1 saturated heterocycles. The van der Waals surface area contributed by atoms with Crippen LogP contribution in [0.4, 0.5) is 5.69 Å². The lowest BCUT2D eigenvalue weighted by Crippen LogP contribution is -2.43. The highest BCUT2D eigenvalue weighted by Crippen LogP contribution is 2.13. The van der Waals surface area contributed by atoms with Gasteiger partial charge in [0.2, 0.25) is 5.91 Å². The van der Waals surface area contributed by atoms with Gasteiger partial charge >= 0.3 is 5.69 Å². The van der Waals surface area contributed by atoms with Gasteiger partial charge in [-0.3, -0.25) is 9.59 Å². The lowest BCUT2D eigenvalue weighted by atomic mass is 10.2. The van der Waals surface area contributed by atoms with Crippen molar-refractivity contribution in [3.63, 3.8) is 0 Å². The van der Waals surface area contributed by atoms with Gasteiger partial charge in [0.15, 0.2) is 5.69 Å². The number of anilines is 1. The quantitative estimate of drug-likeness (QED) is 0.609. The second kappa shape index (κ2) is 8.29. The summed E-state index contributed by atoms with van der Waals surface area (Å²) in [7, 11) is 0. The van der Waals surface area contributed by atoms with Crippen LogP contribution in [0, 0.1) is 6.92 Å². The van der Waals surface area contributed by atoms with Crippen molar-refractivity contribution in [2.24, 2.45) is 0 Å². The van der Waals surface area contributed by atoms with Crippen molar-refractivity contribution in [3.05, 3.63) is 52.3 Å². The molecule has 0 saturated carbocycles. The summed E-state index contributed by atoms with van der Waals surface area (Å²) in [6.45, 7) is 3.44. The molecule has 0 aliphatic carbocycles. The van der Waals surface area contributed by atoms with Gasteiger partial charge in [-0.15, -0.1) is 0 Å². The average Bonchev–Trinajstić information content (AvgIpc) is 3.35. The summed E-state index contributed by atoms with van der Waals surface area (Å²) >= 11 is 0. The SMILES string of the molecule is Cc1cc(C(=O)Nc2ccc(-n3nnn(CC(=O)N4CCOCC4)c3=O)cc2)no1. The predicted octanol–water partition coefficient (Wildman–Crippen LogP) is -0.163. The Bertz CT molecular complexity index is 1110. The fourth-order valence-electron chi connectivity index (χ4n) is 2.93. The van der Waals surface area contributed by atoms with Crippen LogP contribution in [0.15, 0.2) is 39.6 Å². The number of amides is 2. The van der Waals surface area contributed by atoms with Crippen LogP contribution in [0.25, 0.3) is 5.69 Å². The minimum atomic E-state index is -0.536. The first kappa shape index (κ1) is 19.5. The van der Waals surface area contributed by atoms with Crippen LogP contribution in [0.5, 0.6) is 0 Å². The highest BCUT2D eigenvalue weighted by atomic mass is 16.5. The zero-order valence-electron chi connectivity index (χ0n) is 16.1. The minimum Gasteiger partial charge on any atom is -0.378 e. The Labute approximate surface area is 170 Å². The summed E-state index contributed by atoms with van der Waals surface area (Å²) in [6.07, 6.45) is 0. The molecule has 0 atom stereocenters. The number of nitrogens with zero attached hydrogens (tertiary/aromatic N) is 6. The number of morpholine rings is 1. The van der Waals surface area contributed by atoms with E-state index in [-0.39, 0.29) is 18.1 Å². The number of tetrazole rings is 1. The number of carbonyl (C=O) groups is 2. The number of rotatable bonds is 5. The van der Waals surface area contributed by atoms with Crippen LogP contribution in [0.2, 0.25) is 0 Å². The minimum absolute atomic E-state index is 0.167. The lowest BCUT2D eigenvalue weighted by molar-refractivity contribution is -0.136. The maximum absolute atomic E-state index is 12.6. The van der Waals surface area contributed by atoms with E-state index in [9.17, 15) is 14.4 Å². The van der Waals surface area contributed by atoms with Gasteiger partial charge in [0, 0.05) is 24.8 Å². The lowest BCUT2D eigenvalue weighted by Gasteiger charge is -2.26. The summed E-state index contributed by atoms with van der Waals surface area (Å²) in [6, 6.07) is 7.97. The average molecular weight is 413 g/mol. The summed E-state index contributed by atoms with van der Waals surface area (Å²) in [5, 5.41) is 14.0. The van der Waals surface area contributed by atoms with Crippen molar-refractivity contribution in [1.29, 1.82) is 0 Å². The smallest absolute Gasteiger partial charge is 0.368 e. The Morgan fingerprint density at radius 3 is 2.53 bits per heavy atom. The number of ether oxygens (including phenoxy) is 1. The first-order valence-electron chi connectivity index (χ1n) is 9.25. The normalized spacial score (nSPS) is 14.0. The molecule has 1 aromatic carbocycles. The predicted molar refractivity (Wildman–Crippen MR) is 102 cm³/mol. The maximum Gasteiger partial charge on any atom is 0.368 e. The number of hydrogen-bond donors (Lipinski definition) is 1. The molecule has 156 valence electrons. The van der Waals surface area contributed by atoms with E-state index in [0.29, 0.717) is 43.4 Å². The van der Waals surface area contributed by atoms with Gasteiger partial charge < -0.3 is 19.5 Å². The molecule has 4 rings (SSSR count). The van der Waals surface area contributed by atoms with Crippen LogP contribution in [-0.4, -0.2) is 68.0 Å². The van der Waals surface area contributed by atoms with Gasteiger partial charge in [0.05, 0.1) is 18.9 Å². The van der Waals surface area contributed by atoms with Crippen LogP contribution in [-0.2, 0) is 16.1 Å². The van der Waals surface area contributed by atoms with Crippen molar-refractivity contribution >= 4 is 17.5 Å². The van der Waals surface area contributed by atoms with E-state index in [1.54, 1.807) is 36.1 Å². The third-order valence-electron chi connectivity index (χ3n) is 4.52. The van der Waals surface area contributed by atoms with E-state index in [0.717, 1.165) is 9.36 Å². The second-order valence-electron chi connectivity index (χ2n) is 6.65. The van der Waals surface area contributed by atoms with Crippen LogP contribution >= 0.6 is 0 Å². The molecule has 3 heterocycles. The molecule has 0 unspecified atom stereocenters. The largest absolute Gasteiger partial charge is 0.378 e. The molecule has 30 heavy (non-hydrogen) atoms. The molecular formula is C18H19N7O5. The first-order valence-corrected chi connectivity index (χ1v) is 9.25. The number of carbonyl (C=O) groups excluding carboxylic acids is 2. The fraction of sp³-hybridized carbons (Fsp3) is 0.333. The topological polar surface area (TPSA) is 137 Å². The monoisotopic (exact) mass is 413 g/mol. The molecule has 0 spiro atoms. The van der Waals surface area contributed by atoms with Crippen molar-refractivity contribution in [2.45, 2.75) is 13.5 Å². The molecule has 1 N–H and O–H groups in total. The third kappa shape index (κ3) is 4.12. The summed E-state index contributed by atoms with van der Waals surface area (Å²) in [5.74, 6) is -0.0944. The van der Waals surface area contributed by atoms with E-state index in [1.807, 2.05) is 0 Å². The molecule has 3 aromatic rings. The van der Waals surface area contributed by atoms with Crippen molar-refractivity contribution in [2.75, 3.05) is 31.6 Å². The maximum atomic E-state index is 12.6. The number of benzene rings is 1. The Balaban J connectivity index is 1.43. The fourth-order valence-corrected chi connectivity index (χ4v) is 2.93. The Morgan fingerprint density at radius 1 is 1.13 bits per heavy atom. The molecule has 1 aliphatic heterocycles. The van der Waals surface area contributed by atoms with Gasteiger partial charge in [-0.05, 0) is 41.6 Å². The van der Waals surface area contributed by atoms with E-state index >= 15 is 0 Å². The van der Waals surface area contributed by atoms with Gasteiger partial charge in [0.25, 0.3) is 5.91 Å². The number of nitrogens with one attached hydrogen (secondary N) is 1. The highest BCUT2D eigenvalue weighted by Gasteiger charge is 2.20. The molecule has 1 fully saturated rings. The standard InChI is InChI=1S/C18H19N7O5/c1-12-10-15(20-30-12)17(27)19-13-2-4-14(5-3-13)25-18(28)24(21-22-25)11-16(26)23-6-8-29-9-7-23/h2-5,10H,6-9,11H2,1H3,(H,19,27). The Morgan fingerprint density at radius 2 is 1.87 bits per heavy atom. The van der Waals surface area contributed by atoms with E-state index in [1.165, 1.54) is 6.07 Å². The Kier molecular flexibility index (Phi) is 5.39. The summed E-state index contributed by atoms with van der Waals surface area (Å²) < 4.78 is 12.2. The third-order valence-corrected chi connectivity index (χ3v) is 4.52. The van der Waals surface area contributed by atoms with Gasteiger partial charge in [-0.2, -0.15) is 9.36 Å². The molecule has 12 nitrogen and oxygen atoms in total. The first-order chi connectivity index (χ1) is 14.5. The molecule has 2 amide bonds. The number of hydrogen-bond acceptors (Lipinski definition) is 8. The zero-order valence-corrected chi connectivity index (χ0v) is 16.1. The Hall–Kier alpha value is -3.80. The molecular weight excluding hydrogens is 394 g/mol. The van der Waals surface area contributed by atoms with E-state index in [4.69, 9.17) is 9.26 Å². The van der Waals surface area contributed by atoms with Crippen molar-refractivity contribution in [1.82, 2.24) is 29.8 Å². The summed E-state index contributed by atoms with van der Waals surface area (Å²) in [5.41, 5.74) is 0.583. The van der Waals surface area contributed by atoms with Gasteiger partial charge in [-0.1, -0.05) is 5.16 Å². The van der Waals surface area contributed by atoms with Gasteiger partial charge in [-0.25, -0.2) is 4.79 Å². The van der Waals surface area contributed by atoms with Crippen molar-refractivity contribution in [3.8, 4) is 5.69 Å². The molecule has 0 radical (unpaired) electrons. The zero-order chi connectivity index (χ0) is 21.1. The van der Waals surface area contributed by atoms with E-state index < -0.39 is 11.6 Å².